The number of esters is 1. The molecule has 2 amide bonds. The van der Waals surface area contributed by atoms with Crippen molar-refractivity contribution < 1.29 is 27.9 Å². The van der Waals surface area contributed by atoms with Gasteiger partial charge in [-0.25, -0.2) is 9.18 Å². The number of para-hydroxylation sites is 1. The summed E-state index contributed by atoms with van der Waals surface area (Å²) in [5.74, 6) is -1.85. The van der Waals surface area contributed by atoms with Gasteiger partial charge in [0.2, 0.25) is 0 Å². The number of rotatable bonds is 8. The molecule has 4 rings (SSSR count). The van der Waals surface area contributed by atoms with E-state index in [0.717, 1.165) is 5.56 Å². The molecule has 9 heteroatoms. The quantitative estimate of drug-likeness (QED) is 0.500. The van der Waals surface area contributed by atoms with E-state index in [1.165, 1.54) is 18.4 Å². The van der Waals surface area contributed by atoms with Crippen LogP contribution in [0.2, 0.25) is 0 Å². The van der Waals surface area contributed by atoms with Gasteiger partial charge in [0.15, 0.2) is 12.4 Å². The molecule has 3 aromatic rings. The summed E-state index contributed by atoms with van der Waals surface area (Å²) in [6, 6.07) is 17.8. The summed E-state index contributed by atoms with van der Waals surface area (Å²) in [7, 11) is 0. The maximum atomic E-state index is 14.0. The van der Waals surface area contributed by atoms with Crippen molar-refractivity contribution >= 4 is 23.5 Å². The molecule has 182 valence electrons. The van der Waals surface area contributed by atoms with Crippen LogP contribution in [0.1, 0.15) is 16.1 Å². The Morgan fingerprint density at radius 1 is 0.943 bits per heavy atom. The third kappa shape index (κ3) is 6.26. The van der Waals surface area contributed by atoms with Crippen LogP contribution in [0.4, 0.5) is 10.1 Å². The number of amides is 2. The first-order valence-corrected chi connectivity index (χ1v) is 11.3. The molecule has 1 saturated heterocycles. The molecule has 0 saturated carbocycles. The number of benzene rings is 2. The number of ether oxygens (including phenoxy) is 1. The SMILES string of the molecule is O=C(N[C@@H](Cc1ccccc1)C(=O)OCC(=O)N1CCN(c2ccccc2F)CC1)c1ccco1. The van der Waals surface area contributed by atoms with Crippen molar-refractivity contribution in [3.8, 4) is 0 Å². The van der Waals surface area contributed by atoms with Gasteiger partial charge in [-0.3, -0.25) is 9.59 Å². The predicted octanol–water partition coefficient (Wildman–Crippen LogP) is 2.65. The Labute approximate surface area is 202 Å². The van der Waals surface area contributed by atoms with Crippen LogP contribution >= 0.6 is 0 Å². The molecule has 1 fully saturated rings. The molecule has 1 aliphatic rings. The highest BCUT2D eigenvalue weighted by molar-refractivity contribution is 5.94. The summed E-state index contributed by atoms with van der Waals surface area (Å²) in [4.78, 5) is 41.4. The minimum atomic E-state index is -0.999. The second kappa shape index (κ2) is 11.3. The van der Waals surface area contributed by atoms with Crippen LogP contribution in [0.15, 0.2) is 77.4 Å². The van der Waals surface area contributed by atoms with Gasteiger partial charge in [-0.1, -0.05) is 42.5 Å². The van der Waals surface area contributed by atoms with E-state index >= 15 is 0 Å². The predicted molar refractivity (Wildman–Crippen MR) is 126 cm³/mol. The summed E-state index contributed by atoms with van der Waals surface area (Å²) < 4.78 is 24.4. The van der Waals surface area contributed by atoms with Crippen LogP contribution in [0, 0.1) is 5.82 Å². The number of piperazine rings is 1. The van der Waals surface area contributed by atoms with Gasteiger partial charge in [0, 0.05) is 32.6 Å². The third-order valence-corrected chi connectivity index (χ3v) is 5.78. The minimum absolute atomic E-state index is 0.0691. The summed E-state index contributed by atoms with van der Waals surface area (Å²) in [6.07, 6.45) is 1.56. The second-order valence-electron chi connectivity index (χ2n) is 8.12. The van der Waals surface area contributed by atoms with Crippen molar-refractivity contribution in [3.63, 3.8) is 0 Å². The lowest BCUT2D eigenvalue weighted by atomic mass is 10.1. The zero-order valence-corrected chi connectivity index (χ0v) is 19.1. The Kier molecular flexibility index (Phi) is 7.77. The topological polar surface area (TPSA) is 92.1 Å². The highest BCUT2D eigenvalue weighted by atomic mass is 19.1. The number of furan rings is 1. The van der Waals surface area contributed by atoms with E-state index in [0.29, 0.717) is 31.9 Å². The van der Waals surface area contributed by atoms with Gasteiger partial charge in [-0.05, 0) is 29.8 Å². The summed E-state index contributed by atoms with van der Waals surface area (Å²) in [6.45, 7) is 1.26. The molecule has 1 atom stereocenters. The van der Waals surface area contributed by atoms with Crippen molar-refractivity contribution in [1.82, 2.24) is 10.2 Å². The molecule has 0 unspecified atom stereocenters. The van der Waals surface area contributed by atoms with Gasteiger partial charge in [-0.15, -0.1) is 0 Å². The number of nitrogens with one attached hydrogen (secondary N) is 1. The van der Waals surface area contributed by atoms with E-state index < -0.39 is 24.5 Å². The fourth-order valence-corrected chi connectivity index (χ4v) is 3.91. The normalized spacial score (nSPS) is 14.3. The molecular weight excluding hydrogens is 453 g/mol. The average molecular weight is 480 g/mol. The first-order chi connectivity index (χ1) is 17.0. The molecular formula is C26H26FN3O5. The highest BCUT2D eigenvalue weighted by Gasteiger charge is 2.27. The van der Waals surface area contributed by atoms with Crippen molar-refractivity contribution in [3.05, 3.63) is 90.1 Å². The fourth-order valence-electron chi connectivity index (χ4n) is 3.91. The van der Waals surface area contributed by atoms with Crippen molar-refractivity contribution in [2.24, 2.45) is 0 Å². The van der Waals surface area contributed by atoms with Gasteiger partial charge in [0.05, 0.1) is 12.0 Å². The van der Waals surface area contributed by atoms with Crippen LogP contribution in [0.5, 0.6) is 0 Å². The maximum absolute atomic E-state index is 14.0. The second-order valence-corrected chi connectivity index (χ2v) is 8.12. The zero-order chi connectivity index (χ0) is 24.6. The van der Waals surface area contributed by atoms with E-state index in [2.05, 4.69) is 5.32 Å². The third-order valence-electron chi connectivity index (χ3n) is 5.78. The Morgan fingerprint density at radius 3 is 2.34 bits per heavy atom. The molecule has 1 aliphatic heterocycles. The van der Waals surface area contributed by atoms with Gasteiger partial charge < -0.3 is 24.3 Å². The average Bonchev–Trinajstić information content (AvgIpc) is 3.43. The Hall–Kier alpha value is -4.14. The Morgan fingerprint density at radius 2 is 1.66 bits per heavy atom. The monoisotopic (exact) mass is 479 g/mol. The van der Waals surface area contributed by atoms with Gasteiger partial charge >= 0.3 is 5.97 Å². The van der Waals surface area contributed by atoms with E-state index in [9.17, 15) is 18.8 Å². The van der Waals surface area contributed by atoms with Crippen LogP contribution < -0.4 is 10.2 Å². The molecule has 0 bridgehead atoms. The van der Waals surface area contributed by atoms with Crippen LogP contribution in [-0.2, 0) is 20.7 Å². The first kappa shape index (κ1) is 24.0. The number of hydrogen-bond acceptors (Lipinski definition) is 6. The number of nitrogens with zero attached hydrogens (tertiary/aromatic N) is 2. The van der Waals surface area contributed by atoms with Gasteiger partial charge in [0.1, 0.15) is 11.9 Å². The number of carbonyl (C=O) groups excluding carboxylic acids is 3. The van der Waals surface area contributed by atoms with E-state index in [-0.39, 0.29) is 23.9 Å². The van der Waals surface area contributed by atoms with Crippen molar-refractivity contribution in [1.29, 1.82) is 0 Å². The summed E-state index contributed by atoms with van der Waals surface area (Å²) in [5, 5.41) is 2.63. The number of anilines is 1. The standard InChI is InChI=1S/C26H26FN3O5/c27-20-9-4-5-10-22(20)29-12-14-30(15-13-29)24(31)18-35-26(33)21(17-19-7-2-1-3-8-19)28-25(32)23-11-6-16-34-23/h1-11,16,21H,12-15,17-18H2,(H,28,32)/t21-/m0/s1. The van der Waals surface area contributed by atoms with Crippen molar-refractivity contribution in [2.45, 2.75) is 12.5 Å². The Balaban J connectivity index is 1.32. The number of hydrogen-bond donors (Lipinski definition) is 1. The molecule has 2 aromatic carbocycles. The molecule has 0 spiro atoms. The molecule has 0 aliphatic carbocycles. The smallest absolute Gasteiger partial charge is 0.329 e. The molecule has 2 heterocycles. The number of halogens is 1. The summed E-state index contributed by atoms with van der Waals surface area (Å²) in [5.41, 5.74) is 1.33. The van der Waals surface area contributed by atoms with Crippen LogP contribution in [-0.4, -0.2) is 61.5 Å². The lowest BCUT2D eigenvalue weighted by Crippen LogP contribution is -2.50. The molecule has 8 nitrogen and oxygen atoms in total. The van der Waals surface area contributed by atoms with Crippen LogP contribution in [0.3, 0.4) is 0 Å². The molecule has 0 radical (unpaired) electrons. The highest BCUT2D eigenvalue weighted by Crippen LogP contribution is 2.20. The maximum Gasteiger partial charge on any atom is 0.329 e. The Bertz CT molecular complexity index is 1140. The van der Waals surface area contributed by atoms with Crippen molar-refractivity contribution in [2.75, 3.05) is 37.7 Å². The molecule has 1 N–H and O–H groups in total. The fraction of sp³-hybridized carbons (Fsp3) is 0.269. The van der Waals surface area contributed by atoms with Gasteiger partial charge in [-0.2, -0.15) is 0 Å². The van der Waals surface area contributed by atoms with E-state index in [1.54, 1.807) is 29.2 Å². The van der Waals surface area contributed by atoms with E-state index in [4.69, 9.17) is 9.15 Å². The summed E-state index contributed by atoms with van der Waals surface area (Å²) >= 11 is 0. The van der Waals surface area contributed by atoms with Gasteiger partial charge in [0.25, 0.3) is 11.8 Å². The van der Waals surface area contributed by atoms with E-state index in [1.807, 2.05) is 35.2 Å². The largest absolute Gasteiger partial charge is 0.459 e. The molecule has 1 aromatic heterocycles. The first-order valence-electron chi connectivity index (χ1n) is 11.3. The lowest BCUT2D eigenvalue weighted by Gasteiger charge is -2.36. The minimum Gasteiger partial charge on any atom is -0.459 e. The van der Waals surface area contributed by atoms with Crippen LogP contribution in [0.25, 0.3) is 0 Å². The molecule has 35 heavy (non-hydrogen) atoms. The zero-order valence-electron chi connectivity index (χ0n) is 19.1. The lowest BCUT2D eigenvalue weighted by molar-refractivity contribution is -0.153. The number of carbonyl (C=O) groups is 3.